The van der Waals surface area contributed by atoms with E-state index in [1.54, 1.807) is 6.92 Å². The third kappa shape index (κ3) is 48.4. The van der Waals surface area contributed by atoms with E-state index in [-0.39, 0.29) is 12.0 Å². The number of alkyl carbamates (subject to hydrolysis) is 1. The zero-order valence-electron chi connectivity index (χ0n) is 27.1. The average molecular weight is 529 g/mol. The Morgan fingerprint density at radius 2 is 1.00 bits per heavy atom. The van der Waals surface area contributed by atoms with E-state index in [4.69, 9.17) is 4.74 Å². The maximum Gasteiger partial charge on any atom is 0.407 e. The number of carbonyl (C=O) groups is 2. The van der Waals surface area contributed by atoms with Gasteiger partial charge in [-0.3, -0.25) is 4.79 Å². The molecular weight excluding hydrogens is 460 g/mol. The lowest BCUT2D eigenvalue weighted by molar-refractivity contribution is -0.118. The lowest BCUT2D eigenvalue weighted by atomic mass is 10.1. The van der Waals surface area contributed by atoms with Crippen molar-refractivity contribution in [3.63, 3.8) is 0 Å². The number of hydrogen-bond acceptors (Lipinski definition) is 3. The quantitative estimate of drug-likeness (QED) is 0.185. The lowest BCUT2D eigenvalue weighted by Gasteiger charge is -2.19. The third-order valence-electron chi connectivity index (χ3n) is 5.59. The van der Waals surface area contributed by atoms with Crippen molar-refractivity contribution in [3.8, 4) is 0 Å². The molecule has 0 spiro atoms. The van der Waals surface area contributed by atoms with Gasteiger partial charge in [0.1, 0.15) is 5.60 Å². The Morgan fingerprint density at radius 3 is 1.32 bits per heavy atom. The molecule has 0 aromatic heterocycles. The molecule has 0 saturated heterocycles. The first-order valence-electron chi connectivity index (χ1n) is 15.4. The van der Waals surface area contributed by atoms with Crippen molar-refractivity contribution in [2.45, 2.75) is 165 Å². The summed E-state index contributed by atoms with van der Waals surface area (Å²) in [7, 11) is 0. The largest absolute Gasteiger partial charge is 0.444 e. The van der Waals surface area contributed by atoms with E-state index in [1.165, 1.54) is 70.6 Å². The van der Waals surface area contributed by atoms with Crippen LogP contribution in [0, 0.1) is 17.8 Å². The summed E-state index contributed by atoms with van der Waals surface area (Å²) in [5.41, 5.74) is -0.401. The van der Waals surface area contributed by atoms with Gasteiger partial charge in [0.15, 0.2) is 0 Å². The first kappa shape index (κ1) is 40.2. The highest BCUT2D eigenvalue weighted by molar-refractivity contribution is 5.72. The third-order valence-corrected chi connectivity index (χ3v) is 5.59. The zero-order valence-corrected chi connectivity index (χ0v) is 27.1. The van der Waals surface area contributed by atoms with Gasteiger partial charge in [-0.25, -0.2) is 4.79 Å². The highest BCUT2D eigenvalue weighted by atomic mass is 16.6. The summed E-state index contributed by atoms with van der Waals surface area (Å²) >= 11 is 0. The molecular formula is C32H68N2O3. The van der Waals surface area contributed by atoms with Crippen LogP contribution in [-0.4, -0.2) is 30.7 Å². The summed E-state index contributed by atoms with van der Waals surface area (Å²) in [4.78, 5) is 21.7. The summed E-state index contributed by atoms with van der Waals surface area (Å²) < 4.78 is 5.13. The Kier molecular flexibility index (Phi) is 30.2. The number of rotatable bonds is 17. The molecule has 0 bridgehead atoms. The van der Waals surface area contributed by atoms with Gasteiger partial charge in [-0.05, 0) is 51.4 Å². The van der Waals surface area contributed by atoms with Crippen LogP contribution in [0.3, 0.4) is 0 Å². The van der Waals surface area contributed by atoms with Crippen molar-refractivity contribution in [2.24, 2.45) is 17.8 Å². The predicted octanol–water partition coefficient (Wildman–Crippen LogP) is 9.68. The van der Waals surface area contributed by atoms with Crippen LogP contribution in [0.15, 0.2) is 0 Å². The molecule has 5 heteroatoms. The molecule has 0 aromatic rings. The van der Waals surface area contributed by atoms with Crippen LogP contribution in [0.5, 0.6) is 0 Å². The Bertz CT molecular complexity index is 497. The molecule has 0 rings (SSSR count). The maximum absolute atomic E-state index is 11.3. The van der Waals surface area contributed by atoms with Gasteiger partial charge in [-0.2, -0.15) is 0 Å². The van der Waals surface area contributed by atoms with Gasteiger partial charge in [0.25, 0.3) is 0 Å². The molecule has 0 unspecified atom stereocenters. The molecule has 0 aliphatic carbocycles. The van der Waals surface area contributed by atoms with E-state index in [0.717, 1.165) is 37.1 Å². The van der Waals surface area contributed by atoms with Gasteiger partial charge in [-0.15, -0.1) is 0 Å². The average Bonchev–Trinajstić information content (AvgIpc) is 2.75. The second-order valence-corrected chi connectivity index (χ2v) is 12.6. The number of nitrogens with one attached hydrogen (secondary N) is 2. The van der Waals surface area contributed by atoms with E-state index >= 15 is 0 Å². The molecule has 0 fully saturated rings. The van der Waals surface area contributed by atoms with E-state index in [9.17, 15) is 9.59 Å². The van der Waals surface area contributed by atoms with Crippen LogP contribution >= 0.6 is 0 Å². The SMILES string of the molecule is CC(=O)NCCCCCC(C)C.CC(C)CCCCCNC(=O)OC(C)(C)C.CCCCCCC(C)C. The number of ether oxygens (including phenoxy) is 1. The van der Waals surface area contributed by atoms with Crippen LogP contribution in [0.4, 0.5) is 4.79 Å². The van der Waals surface area contributed by atoms with Crippen molar-refractivity contribution < 1.29 is 14.3 Å². The van der Waals surface area contributed by atoms with Crippen LogP contribution in [0.1, 0.15) is 160 Å². The van der Waals surface area contributed by atoms with Gasteiger partial charge in [-0.1, -0.05) is 119 Å². The fourth-order valence-electron chi connectivity index (χ4n) is 3.46. The Morgan fingerprint density at radius 1 is 0.622 bits per heavy atom. The fraction of sp³-hybridized carbons (Fsp3) is 0.938. The maximum atomic E-state index is 11.3. The Balaban J connectivity index is -0.000000490. The van der Waals surface area contributed by atoms with Crippen LogP contribution in [0.25, 0.3) is 0 Å². The summed E-state index contributed by atoms with van der Waals surface area (Å²) in [6.07, 6.45) is 16.4. The first-order valence-corrected chi connectivity index (χ1v) is 15.4. The summed E-state index contributed by atoms with van der Waals surface area (Å²) in [6.45, 7) is 24.5. The van der Waals surface area contributed by atoms with Gasteiger partial charge >= 0.3 is 6.09 Å². The number of amides is 2. The van der Waals surface area contributed by atoms with E-state index < -0.39 is 5.60 Å². The summed E-state index contributed by atoms with van der Waals surface area (Å²) in [6, 6.07) is 0. The number of carbonyl (C=O) groups excluding carboxylic acids is 2. The molecule has 2 amide bonds. The van der Waals surface area contributed by atoms with Crippen molar-refractivity contribution >= 4 is 12.0 Å². The van der Waals surface area contributed by atoms with Crippen molar-refractivity contribution in [1.82, 2.24) is 10.6 Å². The van der Waals surface area contributed by atoms with Gasteiger partial charge in [0.05, 0.1) is 0 Å². The minimum atomic E-state index is -0.401. The molecule has 224 valence electrons. The van der Waals surface area contributed by atoms with Crippen molar-refractivity contribution in [2.75, 3.05) is 13.1 Å². The lowest BCUT2D eigenvalue weighted by Crippen LogP contribution is -2.32. The smallest absolute Gasteiger partial charge is 0.407 e. The fourth-order valence-corrected chi connectivity index (χ4v) is 3.46. The summed E-state index contributed by atoms with van der Waals surface area (Å²) in [5.74, 6) is 2.57. The second kappa shape index (κ2) is 27.8. The minimum absolute atomic E-state index is 0.0823. The zero-order chi connectivity index (χ0) is 29.1. The van der Waals surface area contributed by atoms with Gasteiger partial charge in [0, 0.05) is 20.0 Å². The predicted molar refractivity (Wildman–Crippen MR) is 163 cm³/mol. The number of hydrogen-bond donors (Lipinski definition) is 2. The van der Waals surface area contributed by atoms with Gasteiger partial charge in [0.2, 0.25) is 5.91 Å². The molecule has 0 radical (unpaired) electrons. The minimum Gasteiger partial charge on any atom is -0.444 e. The molecule has 2 N–H and O–H groups in total. The van der Waals surface area contributed by atoms with Crippen molar-refractivity contribution in [3.05, 3.63) is 0 Å². The van der Waals surface area contributed by atoms with Gasteiger partial charge < -0.3 is 15.4 Å². The highest BCUT2D eigenvalue weighted by Gasteiger charge is 2.15. The van der Waals surface area contributed by atoms with E-state index in [0.29, 0.717) is 6.54 Å². The van der Waals surface area contributed by atoms with Crippen LogP contribution < -0.4 is 10.6 Å². The Hall–Kier alpha value is -1.26. The first-order chi connectivity index (χ1) is 17.2. The Labute approximate surface area is 233 Å². The molecule has 0 saturated carbocycles. The molecule has 0 aliphatic rings. The standard InChI is InChI=1S/C13H27NO2.C10H21NO.C9H20/c1-11(2)9-7-6-8-10-14-12(15)16-13(3,4)5;1-9(2)7-5-4-6-8-11-10(3)12;1-4-5-6-7-8-9(2)3/h11H,6-10H2,1-5H3,(H,14,15);9H,4-8H2,1-3H3,(H,11,12);9H,4-8H2,1-3H3. The molecule has 37 heavy (non-hydrogen) atoms. The molecule has 5 nitrogen and oxygen atoms in total. The summed E-state index contributed by atoms with van der Waals surface area (Å²) in [5, 5.41) is 5.56. The molecule has 0 aromatic carbocycles. The topological polar surface area (TPSA) is 67.4 Å². The number of unbranched alkanes of at least 4 members (excludes halogenated alkanes) is 7. The normalized spacial score (nSPS) is 11.0. The highest BCUT2D eigenvalue weighted by Crippen LogP contribution is 2.10. The monoisotopic (exact) mass is 529 g/mol. The van der Waals surface area contributed by atoms with Crippen molar-refractivity contribution in [1.29, 1.82) is 0 Å². The molecule has 0 heterocycles. The van der Waals surface area contributed by atoms with Crippen LogP contribution in [-0.2, 0) is 9.53 Å². The van der Waals surface area contributed by atoms with E-state index in [2.05, 4.69) is 59.1 Å². The van der Waals surface area contributed by atoms with Crippen LogP contribution in [0.2, 0.25) is 0 Å². The van der Waals surface area contributed by atoms with E-state index in [1.807, 2.05) is 20.8 Å². The molecule has 0 aliphatic heterocycles. The second-order valence-electron chi connectivity index (χ2n) is 12.6. The molecule has 0 atom stereocenters.